The summed E-state index contributed by atoms with van der Waals surface area (Å²) >= 11 is 3.49. The third-order valence-electron chi connectivity index (χ3n) is 6.07. The minimum absolute atomic E-state index is 0.146. The second-order valence-electron chi connectivity index (χ2n) is 9.06. The number of unbranched alkanes of at least 4 members (excludes halogenated alkanes) is 1. The summed E-state index contributed by atoms with van der Waals surface area (Å²) < 4.78 is 6.86. The topological polar surface area (TPSA) is 58.6 Å². The van der Waals surface area contributed by atoms with Crippen LogP contribution in [-0.4, -0.2) is 35.9 Å². The van der Waals surface area contributed by atoms with Gasteiger partial charge in [-0.05, 0) is 55.2 Å². The van der Waals surface area contributed by atoms with Crippen LogP contribution in [0.5, 0.6) is 5.75 Å². The second kappa shape index (κ2) is 13.8. The molecule has 0 bridgehead atoms. The third-order valence-corrected chi connectivity index (χ3v) is 6.96. The van der Waals surface area contributed by atoms with Crippen LogP contribution < -0.4 is 10.1 Å². The number of aryl methyl sites for hydroxylation is 2. The Hall–Kier alpha value is -3.12. The van der Waals surface area contributed by atoms with Gasteiger partial charge >= 0.3 is 0 Å². The molecular weight excluding hydrogens is 516 g/mol. The molecule has 0 fully saturated rings. The molecule has 0 aliphatic carbocycles. The van der Waals surface area contributed by atoms with Gasteiger partial charge in [0.15, 0.2) is 6.61 Å². The normalized spacial score (nSPS) is 11.6. The first kappa shape index (κ1) is 27.5. The number of rotatable bonds is 12. The predicted molar refractivity (Wildman–Crippen MR) is 148 cm³/mol. The molecule has 36 heavy (non-hydrogen) atoms. The van der Waals surface area contributed by atoms with Crippen molar-refractivity contribution in [2.24, 2.45) is 0 Å². The average Bonchev–Trinajstić information content (AvgIpc) is 2.88. The number of ether oxygens (including phenoxy) is 1. The Labute approximate surface area is 223 Å². The van der Waals surface area contributed by atoms with Crippen LogP contribution >= 0.6 is 15.9 Å². The zero-order valence-corrected chi connectivity index (χ0v) is 22.9. The molecule has 0 radical (unpaired) electrons. The Kier molecular flexibility index (Phi) is 10.6. The van der Waals surface area contributed by atoms with Crippen molar-refractivity contribution in [2.75, 3.05) is 13.2 Å². The molecule has 3 rings (SSSR count). The lowest BCUT2D eigenvalue weighted by Gasteiger charge is -2.31. The Balaban J connectivity index is 1.88. The molecule has 3 aromatic carbocycles. The molecule has 0 unspecified atom stereocenters. The first-order valence-electron chi connectivity index (χ1n) is 12.4. The molecule has 1 atom stereocenters. The first-order chi connectivity index (χ1) is 17.4. The summed E-state index contributed by atoms with van der Waals surface area (Å²) in [5.74, 6) is 0.237. The SMILES string of the molecule is CCCCNC(=O)[C@H](Cc1ccccc1)N(Cc1ccc(C)cc1)C(=O)COc1ccc(Br)c(C)c1. The van der Waals surface area contributed by atoms with Gasteiger partial charge in [0, 0.05) is 24.0 Å². The van der Waals surface area contributed by atoms with E-state index in [0.29, 0.717) is 25.3 Å². The molecule has 2 amide bonds. The van der Waals surface area contributed by atoms with Crippen molar-refractivity contribution in [2.45, 2.75) is 52.6 Å². The van der Waals surface area contributed by atoms with Gasteiger partial charge in [-0.1, -0.05) is 89.4 Å². The maximum atomic E-state index is 13.6. The van der Waals surface area contributed by atoms with E-state index in [1.807, 2.05) is 86.6 Å². The van der Waals surface area contributed by atoms with E-state index in [4.69, 9.17) is 4.74 Å². The van der Waals surface area contributed by atoms with Crippen molar-refractivity contribution in [1.82, 2.24) is 10.2 Å². The highest BCUT2D eigenvalue weighted by atomic mass is 79.9. The number of nitrogens with zero attached hydrogens (tertiary/aromatic N) is 1. The van der Waals surface area contributed by atoms with Crippen LogP contribution in [0.15, 0.2) is 77.3 Å². The number of carbonyl (C=O) groups excluding carboxylic acids is 2. The van der Waals surface area contributed by atoms with Gasteiger partial charge in [0.05, 0.1) is 0 Å². The van der Waals surface area contributed by atoms with Crippen molar-refractivity contribution in [3.8, 4) is 5.75 Å². The summed E-state index contributed by atoms with van der Waals surface area (Å²) in [5, 5.41) is 3.04. The standard InChI is InChI=1S/C30H35BrN2O3/c1-4-5-17-32-30(35)28(19-24-9-7-6-8-10-24)33(20-25-13-11-22(2)12-14-25)29(34)21-36-26-15-16-27(31)23(3)18-26/h6-16,18,28H,4-5,17,19-21H2,1-3H3,(H,32,35)/t28-/m0/s1. The van der Waals surface area contributed by atoms with Crippen LogP contribution in [0.1, 0.15) is 42.0 Å². The Morgan fingerprint density at radius 3 is 2.36 bits per heavy atom. The number of benzene rings is 3. The fourth-order valence-corrected chi connectivity index (χ4v) is 4.13. The van der Waals surface area contributed by atoms with E-state index in [9.17, 15) is 9.59 Å². The van der Waals surface area contributed by atoms with Crippen LogP contribution in [0.4, 0.5) is 0 Å². The number of hydrogen-bond acceptors (Lipinski definition) is 3. The van der Waals surface area contributed by atoms with Gasteiger partial charge in [0.2, 0.25) is 5.91 Å². The monoisotopic (exact) mass is 550 g/mol. The molecule has 0 aliphatic heterocycles. The molecular formula is C30H35BrN2O3. The summed E-state index contributed by atoms with van der Waals surface area (Å²) in [6.45, 7) is 6.84. The summed E-state index contributed by atoms with van der Waals surface area (Å²) in [5.41, 5.74) is 4.13. The molecule has 0 saturated carbocycles. The number of amides is 2. The van der Waals surface area contributed by atoms with Gasteiger partial charge in [-0.15, -0.1) is 0 Å². The van der Waals surface area contributed by atoms with E-state index in [2.05, 4.69) is 28.2 Å². The minimum atomic E-state index is -0.659. The van der Waals surface area contributed by atoms with E-state index in [0.717, 1.165) is 39.6 Å². The minimum Gasteiger partial charge on any atom is -0.484 e. The predicted octanol–water partition coefficient (Wildman–Crippen LogP) is 6.00. The highest BCUT2D eigenvalue weighted by molar-refractivity contribution is 9.10. The van der Waals surface area contributed by atoms with E-state index < -0.39 is 6.04 Å². The lowest BCUT2D eigenvalue weighted by Crippen LogP contribution is -2.51. The van der Waals surface area contributed by atoms with Crippen molar-refractivity contribution in [3.63, 3.8) is 0 Å². The van der Waals surface area contributed by atoms with Crippen molar-refractivity contribution >= 4 is 27.7 Å². The van der Waals surface area contributed by atoms with Crippen molar-refractivity contribution < 1.29 is 14.3 Å². The number of nitrogens with one attached hydrogen (secondary N) is 1. The molecule has 1 N–H and O–H groups in total. The zero-order valence-electron chi connectivity index (χ0n) is 21.3. The number of carbonyl (C=O) groups is 2. The van der Waals surface area contributed by atoms with Gasteiger partial charge in [-0.2, -0.15) is 0 Å². The molecule has 190 valence electrons. The summed E-state index contributed by atoms with van der Waals surface area (Å²) in [7, 11) is 0. The molecule has 0 heterocycles. The van der Waals surface area contributed by atoms with Crippen molar-refractivity contribution in [1.29, 1.82) is 0 Å². The van der Waals surface area contributed by atoms with Crippen molar-refractivity contribution in [3.05, 3.63) is 99.5 Å². The largest absolute Gasteiger partial charge is 0.484 e. The third kappa shape index (κ3) is 8.23. The first-order valence-corrected chi connectivity index (χ1v) is 13.2. The lowest BCUT2D eigenvalue weighted by molar-refractivity contribution is -0.142. The summed E-state index contributed by atoms with van der Waals surface area (Å²) in [6.07, 6.45) is 2.30. The van der Waals surface area contributed by atoms with E-state index >= 15 is 0 Å². The van der Waals surface area contributed by atoms with Crippen LogP contribution in [0.25, 0.3) is 0 Å². The van der Waals surface area contributed by atoms with Crippen LogP contribution in [-0.2, 0) is 22.6 Å². The quantitative estimate of drug-likeness (QED) is 0.281. The van der Waals surface area contributed by atoms with Gasteiger partial charge in [0.25, 0.3) is 5.91 Å². The van der Waals surface area contributed by atoms with Crippen LogP contribution in [0, 0.1) is 13.8 Å². The molecule has 0 spiro atoms. The molecule has 0 saturated heterocycles. The lowest BCUT2D eigenvalue weighted by atomic mass is 10.0. The van der Waals surface area contributed by atoms with Gasteiger partial charge in [0.1, 0.15) is 11.8 Å². The maximum absolute atomic E-state index is 13.6. The van der Waals surface area contributed by atoms with E-state index in [-0.39, 0.29) is 18.4 Å². The Morgan fingerprint density at radius 1 is 0.972 bits per heavy atom. The second-order valence-corrected chi connectivity index (χ2v) is 9.91. The molecule has 6 heteroatoms. The fourth-order valence-electron chi connectivity index (χ4n) is 3.89. The van der Waals surface area contributed by atoms with Gasteiger partial charge in [-0.3, -0.25) is 9.59 Å². The molecule has 0 aromatic heterocycles. The highest BCUT2D eigenvalue weighted by Crippen LogP contribution is 2.22. The molecule has 5 nitrogen and oxygen atoms in total. The summed E-state index contributed by atoms with van der Waals surface area (Å²) in [4.78, 5) is 28.7. The highest BCUT2D eigenvalue weighted by Gasteiger charge is 2.30. The number of hydrogen-bond donors (Lipinski definition) is 1. The number of halogens is 1. The zero-order chi connectivity index (χ0) is 25.9. The van der Waals surface area contributed by atoms with E-state index in [1.165, 1.54) is 0 Å². The maximum Gasteiger partial charge on any atom is 0.261 e. The molecule has 3 aromatic rings. The summed E-state index contributed by atoms with van der Waals surface area (Å²) in [6, 6.07) is 22.8. The van der Waals surface area contributed by atoms with Crippen LogP contribution in [0.2, 0.25) is 0 Å². The van der Waals surface area contributed by atoms with E-state index in [1.54, 1.807) is 4.90 Å². The smallest absolute Gasteiger partial charge is 0.261 e. The van der Waals surface area contributed by atoms with Crippen LogP contribution in [0.3, 0.4) is 0 Å². The Morgan fingerprint density at radius 2 is 1.69 bits per heavy atom. The fraction of sp³-hybridized carbons (Fsp3) is 0.333. The average molecular weight is 552 g/mol. The molecule has 0 aliphatic rings. The Bertz CT molecular complexity index is 1130. The van der Waals surface area contributed by atoms with Gasteiger partial charge < -0.3 is 15.0 Å². The van der Waals surface area contributed by atoms with Gasteiger partial charge in [-0.25, -0.2) is 0 Å².